The molecule has 0 aromatic heterocycles. The maximum absolute atomic E-state index is 10.5. The molecule has 0 aliphatic carbocycles. The number of phenols is 1. The topological polar surface area (TPSA) is 35.9 Å². The van der Waals surface area contributed by atoms with E-state index in [-0.39, 0.29) is 0 Å². The van der Waals surface area contributed by atoms with Crippen LogP contribution in [0, 0.1) is 12.3 Å². The van der Waals surface area contributed by atoms with Crippen LogP contribution >= 0.6 is 0 Å². The Bertz CT molecular complexity index is 569. The third-order valence-electron chi connectivity index (χ3n) is 4.09. The Morgan fingerprint density at radius 2 is 1.91 bits per heavy atom. The SMILES string of the molecule is C#CCN1CCN(Cc2cc(OCC)cc(CC=C)c2O)CC1. The molecule has 0 atom stereocenters. The summed E-state index contributed by atoms with van der Waals surface area (Å²) in [7, 11) is 0. The van der Waals surface area contributed by atoms with Gasteiger partial charge in [-0.3, -0.25) is 9.80 Å². The zero-order valence-electron chi connectivity index (χ0n) is 13.9. The van der Waals surface area contributed by atoms with E-state index < -0.39 is 0 Å². The number of hydrogen-bond donors (Lipinski definition) is 1. The first-order valence-corrected chi connectivity index (χ1v) is 8.14. The number of piperazine rings is 1. The van der Waals surface area contributed by atoms with Gasteiger partial charge in [0.1, 0.15) is 11.5 Å². The Labute approximate surface area is 139 Å². The molecule has 4 heteroatoms. The van der Waals surface area contributed by atoms with Crippen molar-refractivity contribution in [3.8, 4) is 23.8 Å². The fraction of sp³-hybridized carbons (Fsp3) is 0.474. The number of allylic oxidation sites excluding steroid dienone is 1. The number of ether oxygens (including phenoxy) is 1. The predicted octanol–water partition coefficient (Wildman–Crippen LogP) is 2.27. The van der Waals surface area contributed by atoms with Crippen LogP contribution < -0.4 is 4.74 Å². The second-order valence-corrected chi connectivity index (χ2v) is 5.77. The van der Waals surface area contributed by atoms with Crippen LogP contribution in [0.1, 0.15) is 18.1 Å². The van der Waals surface area contributed by atoms with E-state index in [1.54, 1.807) is 6.08 Å². The van der Waals surface area contributed by atoms with E-state index in [1.807, 2.05) is 19.1 Å². The largest absolute Gasteiger partial charge is 0.507 e. The van der Waals surface area contributed by atoms with Crippen molar-refractivity contribution in [3.63, 3.8) is 0 Å². The van der Waals surface area contributed by atoms with Crippen LogP contribution in [-0.4, -0.2) is 54.2 Å². The van der Waals surface area contributed by atoms with E-state index in [0.717, 1.165) is 49.6 Å². The average Bonchev–Trinajstić information content (AvgIpc) is 2.54. The first-order chi connectivity index (χ1) is 11.2. The molecule has 0 unspecified atom stereocenters. The zero-order chi connectivity index (χ0) is 16.7. The van der Waals surface area contributed by atoms with E-state index in [9.17, 15) is 5.11 Å². The van der Waals surface area contributed by atoms with Gasteiger partial charge in [-0.2, -0.15) is 0 Å². The van der Waals surface area contributed by atoms with Gasteiger partial charge in [0.2, 0.25) is 0 Å². The minimum Gasteiger partial charge on any atom is -0.507 e. The van der Waals surface area contributed by atoms with Gasteiger partial charge in [-0.15, -0.1) is 13.0 Å². The van der Waals surface area contributed by atoms with Gasteiger partial charge in [0, 0.05) is 43.9 Å². The molecule has 23 heavy (non-hydrogen) atoms. The van der Waals surface area contributed by atoms with Crippen LogP contribution in [0.4, 0.5) is 0 Å². The summed E-state index contributed by atoms with van der Waals surface area (Å²) in [5.41, 5.74) is 1.78. The maximum atomic E-state index is 10.5. The van der Waals surface area contributed by atoms with Crippen molar-refractivity contribution in [2.24, 2.45) is 0 Å². The minimum atomic E-state index is 0.361. The lowest BCUT2D eigenvalue weighted by Crippen LogP contribution is -2.45. The third kappa shape index (κ3) is 4.75. The number of phenolic OH excluding ortho intramolecular Hbond substituents is 1. The maximum Gasteiger partial charge on any atom is 0.123 e. The summed E-state index contributed by atoms with van der Waals surface area (Å²) in [4.78, 5) is 4.62. The fourth-order valence-corrected chi connectivity index (χ4v) is 2.89. The van der Waals surface area contributed by atoms with Crippen molar-refractivity contribution in [3.05, 3.63) is 35.9 Å². The quantitative estimate of drug-likeness (QED) is 0.619. The minimum absolute atomic E-state index is 0.361. The zero-order valence-corrected chi connectivity index (χ0v) is 13.9. The second kappa shape index (κ2) is 8.61. The van der Waals surface area contributed by atoms with Gasteiger partial charge in [0.05, 0.1) is 13.2 Å². The molecule has 1 heterocycles. The Hall–Kier alpha value is -1.96. The molecule has 0 amide bonds. The molecule has 0 spiro atoms. The standard InChI is InChI=1S/C19H26N2O2/c1-4-7-16-13-18(23-6-3)14-17(19(16)22)15-21-11-9-20(8-5-2)10-12-21/h2,4,13-14,22H,1,6-12,15H2,3H3. The number of rotatable bonds is 7. The second-order valence-electron chi connectivity index (χ2n) is 5.77. The lowest BCUT2D eigenvalue weighted by molar-refractivity contribution is 0.137. The van der Waals surface area contributed by atoms with Crippen LogP contribution in [0.25, 0.3) is 0 Å². The van der Waals surface area contributed by atoms with E-state index >= 15 is 0 Å². The number of aromatic hydroxyl groups is 1. The van der Waals surface area contributed by atoms with Crippen molar-refractivity contribution < 1.29 is 9.84 Å². The van der Waals surface area contributed by atoms with Crippen molar-refractivity contribution in [1.29, 1.82) is 0 Å². The molecule has 1 saturated heterocycles. The van der Waals surface area contributed by atoms with E-state index in [2.05, 4.69) is 22.3 Å². The number of nitrogens with zero attached hydrogens (tertiary/aromatic N) is 2. The summed E-state index contributed by atoms with van der Waals surface area (Å²) in [5, 5.41) is 10.5. The Morgan fingerprint density at radius 3 is 2.52 bits per heavy atom. The van der Waals surface area contributed by atoms with Crippen LogP contribution in [0.2, 0.25) is 0 Å². The van der Waals surface area contributed by atoms with Gasteiger partial charge >= 0.3 is 0 Å². The van der Waals surface area contributed by atoms with Crippen LogP contribution in [0.3, 0.4) is 0 Å². The van der Waals surface area contributed by atoms with Gasteiger partial charge in [-0.05, 0) is 25.5 Å². The molecule has 0 saturated carbocycles. The first-order valence-electron chi connectivity index (χ1n) is 8.14. The first kappa shape index (κ1) is 17.4. The van der Waals surface area contributed by atoms with Crippen molar-refractivity contribution in [1.82, 2.24) is 9.80 Å². The average molecular weight is 314 g/mol. The summed E-state index contributed by atoms with van der Waals surface area (Å²) in [6.45, 7) is 11.6. The molecule has 1 aliphatic rings. The van der Waals surface area contributed by atoms with E-state index in [1.165, 1.54) is 0 Å². The van der Waals surface area contributed by atoms with Gasteiger partial charge < -0.3 is 9.84 Å². The molecule has 4 nitrogen and oxygen atoms in total. The molecule has 2 rings (SSSR count). The van der Waals surface area contributed by atoms with Crippen molar-refractivity contribution >= 4 is 0 Å². The summed E-state index contributed by atoms with van der Waals surface area (Å²) in [5.74, 6) is 3.86. The smallest absolute Gasteiger partial charge is 0.123 e. The van der Waals surface area contributed by atoms with Crippen LogP contribution in [0.15, 0.2) is 24.8 Å². The molecule has 0 bridgehead atoms. The molecular weight excluding hydrogens is 288 g/mol. The van der Waals surface area contributed by atoms with Gasteiger partial charge in [-0.1, -0.05) is 12.0 Å². The monoisotopic (exact) mass is 314 g/mol. The fourth-order valence-electron chi connectivity index (χ4n) is 2.89. The van der Waals surface area contributed by atoms with Crippen LogP contribution in [0.5, 0.6) is 11.5 Å². The summed E-state index contributed by atoms with van der Waals surface area (Å²) >= 11 is 0. The number of terminal acetylenes is 1. The summed E-state index contributed by atoms with van der Waals surface area (Å²) < 4.78 is 5.63. The highest BCUT2D eigenvalue weighted by Crippen LogP contribution is 2.30. The molecule has 124 valence electrons. The van der Waals surface area contributed by atoms with E-state index in [4.69, 9.17) is 11.2 Å². The molecule has 0 radical (unpaired) electrons. The van der Waals surface area contributed by atoms with Gasteiger partial charge in [0.15, 0.2) is 0 Å². The van der Waals surface area contributed by atoms with Gasteiger partial charge in [-0.25, -0.2) is 0 Å². The summed E-state index contributed by atoms with van der Waals surface area (Å²) in [6, 6.07) is 3.84. The van der Waals surface area contributed by atoms with Crippen molar-refractivity contribution in [2.45, 2.75) is 19.9 Å². The lowest BCUT2D eigenvalue weighted by Gasteiger charge is -2.33. The summed E-state index contributed by atoms with van der Waals surface area (Å²) in [6.07, 6.45) is 7.80. The van der Waals surface area contributed by atoms with Gasteiger partial charge in [0.25, 0.3) is 0 Å². The number of benzene rings is 1. The lowest BCUT2D eigenvalue weighted by atomic mass is 10.0. The Morgan fingerprint density at radius 1 is 1.26 bits per heavy atom. The normalized spacial score (nSPS) is 16.0. The number of hydrogen-bond acceptors (Lipinski definition) is 4. The third-order valence-corrected chi connectivity index (χ3v) is 4.09. The Kier molecular flexibility index (Phi) is 6.52. The highest BCUT2D eigenvalue weighted by atomic mass is 16.5. The highest BCUT2D eigenvalue weighted by molar-refractivity contribution is 5.47. The highest BCUT2D eigenvalue weighted by Gasteiger charge is 2.18. The molecule has 1 aromatic rings. The molecule has 1 N–H and O–H groups in total. The molecule has 1 aliphatic heterocycles. The molecule has 1 fully saturated rings. The Balaban J connectivity index is 2.09. The van der Waals surface area contributed by atoms with Crippen LogP contribution in [-0.2, 0) is 13.0 Å². The predicted molar refractivity (Wildman–Crippen MR) is 93.7 cm³/mol. The van der Waals surface area contributed by atoms with E-state index in [0.29, 0.717) is 25.3 Å². The van der Waals surface area contributed by atoms with Crippen molar-refractivity contribution in [2.75, 3.05) is 39.3 Å². The molecular formula is C19H26N2O2. The molecule has 1 aromatic carbocycles.